The first-order valence-electron chi connectivity index (χ1n) is 17.4. The predicted molar refractivity (Wildman–Crippen MR) is 268 cm³/mol. The molecule has 0 heterocycles. The molecule has 2 rings (SSSR count). The van der Waals surface area contributed by atoms with E-state index >= 15 is 0 Å². The maximum Gasteiger partial charge on any atom is 0.256 e. The first-order chi connectivity index (χ1) is 28.6. The molecular weight excluding hydrogens is 1490 g/mol. The molecule has 0 aliphatic carbocycles. The SMILES string of the molecule is CN(CC(O)CO)C(=O)c1c(I)c(NC(=O)C(O)CO)c(I)c(C(=O)NCCN(CCO)C(=O)c2c(I)c(NC(=O)C(O)CO)c(I)c(C(=O)N(C)CC(O)CO)c2I)c1I. The van der Waals surface area contributed by atoms with Gasteiger partial charge in [0.2, 0.25) is 0 Å². The zero-order chi connectivity index (χ0) is 46.6. The van der Waals surface area contributed by atoms with E-state index in [9.17, 15) is 74.7 Å². The molecule has 0 saturated carbocycles. The third-order valence-corrected chi connectivity index (χ3v) is 14.8. The average Bonchev–Trinajstić information content (AvgIpc) is 3.22. The van der Waals surface area contributed by atoms with Crippen LogP contribution in [0.2, 0.25) is 0 Å². The number of anilines is 2. The third-order valence-electron chi connectivity index (χ3n) is 8.36. The Morgan fingerprint density at radius 3 is 1.25 bits per heavy atom. The van der Waals surface area contributed by atoms with Crippen LogP contribution in [0.25, 0.3) is 0 Å². The number of amides is 6. The summed E-state index contributed by atoms with van der Waals surface area (Å²) < 4.78 is 0.715. The summed E-state index contributed by atoms with van der Waals surface area (Å²) in [6.45, 7) is -5.19. The van der Waals surface area contributed by atoms with Crippen molar-refractivity contribution < 1.29 is 74.7 Å². The lowest BCUT2D eigenvalue weighted by atomic mass is 10.1. The molecule has 0 aromatic heterocycles. The van der Waals surface area contributed by atoms with Gasteiger partial charge in [-0.25, -0.2) is 0 Å². The van der Waals surface area contributed by atoms with Crippen LogP contribution in [-0.4, -0.2) is 200 Å². The van der Waals surface area contributed by atoms with Gasteiger partial charge in [-0.1, -0.05) is 0 Å². The molecule has 61 heavy (non-hydrogen) atoms. The number of hydrogen-bond donors (Lipinski definition) is 12. The number of aliphatic hydroxyl groups excluding tert-OH is 9. The van der Waals surface area contributed by atoms with Crippen LogP contribution in [-0.2, 0) is 9.59 Å². The Morgan fingerprint density at radius 1 is 0.525 bits per heavy atom. The molecule has 0 radical (unpaired) electrons. The highest BCUT2D eigenvalue weighted by Gasteiger charge is 2.34. The lowest BCUT2D eigenvalue weighted by Gasteiger charge is -2.27. The second kappa shape index (κ2) is 26.4. The largest absolute Gasteiger partial charge is 0.395 e. The van der Waals surface area contributed by atoms with Gasteiger partial charge in [-0.15, -0.1) is 0 Å². The highest BCUT2D eigenvalue weighted by atomic mass is 127. The van der Waals surface area contributed by atoms with Gasteiger partial charge in [-0.3, -0.25) is 28.8 Å². The molecule has 12 N–H and O–H groups in total. The summed E-state index contributed by atoms with van der Waals surface area (Å²) >= 11 is 10.6. The summed E-state index contributed by atoms with van der Waals surface area (Å²) in [4.78, 5) is 84.8. The maximum atomic E-state index is 14.4. The fourth-order valence-corrected chi connectivity index (χ4v) is 13.9. The van der Waals surface area contributed by atoms with E-state index in [-0.39, 0.29) is 87.8 Å². The summed E-state index contributed by atoms with van der Waals surface area (Å²) in [6, 6.07) is 0. The molecule has 2 aromatic carbocycles. The first-order valence-corrected chi connectivity index (χ1v) is 23.9. The molecule has 0 aliphatic rings. The molecule has 0 spiro atoms. The number of rotatable bonds is 21. The fourth-order valence-electron chi connectivity index (χ4n) is 5.17. The monoisotopic (exact) mass is 1540 g/mol. The van der Waals surface area contributed by atoms with E-state index in [1.807, 2.05) is 0 Å². The van der Waals surface area contributed by atoms with Gasteiger partial charge >= 0.3 is 0 Å². The number of hydrogen-bond acceptors (Lipinski definition) is 15. The summed E-state index contributed by atoms with van der Waals surface area (Å²) in [6.07, 6.45) is -6.32. The Morgan fingerprint density at radius 2 is 0.885 bits per heavy atom. The van der Waals surface area contributed by atoms with E-state index in [4.69, 9.17) is 0 Å². The smallest absolute Gasteiger partial charge is 0.256 e. The molecule has 4 unspecified atom stereocenters. The molecule has 27 heteroatoms. The molecule has 21 nitrogen and oxygen atoms in total. The van der Waals surface area contributed by atoms with Crippen molar-refractivity contribution in [3.05, 3.63) is 43.7 Å². The van der Waals surface area contributed by atoms with E-state index < -0.39 is 92.9 Å². The van der Waals surface area contributed by atoms with E-state index in [0.29, 0.717) is 0 Å². The normalized spacial score (nSPS) is 13.1. The molecule has 0 bridgehead atoms. The van der Waals surface area contributed by atoms with Gasteiger partial charge in [0, 0.05) is 54.0 Å². The van der Waals surface area contributed by atoms with Crippen molar-refractivity contribution in [2.75, 3.05) is 90.5 Å². The Balaban J connectivity index is 2.68. The number of benzene rings is 2. The summed E-state index contributed by atoms with van der Waals surface area (Å²) in [5.74, 6) is -5.09. The van der Waals surface area contributed by atoms with E-state index in [0.717, 1.165) is 14.7 Å². The van der Waals surface area contributed by atoms with Crippen molar-refractivity contribution in [3.63, 3.8) is 0 Å². The van der Waals surface area contributed by atoms with E-state index in [1.54, 1.807) is 136 Å². The lowest BCUT2D eigenvalue weighted by Crippen LogP contribution is -2.42. The maximum absolute atomic E-state index is 14.4. The Hall–Kier alpha value is -0.720. The van der Waals surface area contributed by atoms with Crippen LogP contribution < -0.4 is 16.0 Å². The zero-order valence-corrected chi connectivity index (χ0v) is 44.9. The number of aliphatic hydroxyl groups is 9. The molecular formula is C34H42I6N6O15. The number of halogens is 6. The second-order valence-electron chi connectivity index (χ2n) is 12.8. The minimum atomic E-state index is -1.87. The van der Waals surface area contributed by atoms with Crippen LogP contribution in [0, 0.1) is 21.4 Å². The van der Waals surface area contributed by atoms with Crippen LogP contribution in [0.4, 0.5) is 11.4 Å². The van der Waals surface area contributed by atoms with Crippen molar-refractivity contribution in [3.8, 4) is 0 Å². The van der Waals surface area contributed by atoms with Crippen LogP contribution in [0.5, 0.6) is 0 Å². The summed E-state index contributed by atoms with van der Waals surface area (Å²) in [5.41, 5.74) is -0.536. The van der Waals surface area contributed by atoms with Crippen molar-refractivity contribution in [1.82, 2.24) is 20.0 Å². The van der Waals surface area contributed by atoms with E-state index in [1.165, 1.54) is 14.1 Å². The average molecular weight is 1540 g/mol. The quantitative estimate of drug-likeness (QED) is 0.0641. The van der Waals surface area contributed by atoms with Crippen molar-refractivity contribution in [2.45, 2.75) is 24.4 Å². The van der Waals surface area contributed by atoms with Crippen molar-refractivity contribution in [2.24, 2.45) is 0 Å². The molecule has 2 aromatic rings. The molecule has 4 atom stereocenters. The number of carbonyl (C=O) groups excluding carboxylic acids is 6. The van der Waals surface area contributed by atoms with Crippen LogP contribution >= 0.6 is 136 Å². The van der Waals surface area contributed by atoms with Crippen LogP contribution in [0.15, 0.2) is 0 Å². The van der Waals surface area contributed by atoms with Gasteiger partial charge in [0.1, 0.15) is 0 Å². The number of nitrogens with zero attached hydrogens (tertiary/aromatic N) is 3. The summed E-state index contributed by atoms with van der Waals surface area (Å²) in [7, 11) is 2.68. The van der Waals surface area contributed by atoms with Gasteiger partial charge < -0.3 is 76.6 Å². The molecule has 340 valence electrons. The highest BCUT2D eigenvalue weighted by Crippen LogP contribution is 2.38. The predicted octanol–water partition coefficient (Wildman–Crippen LogP) is -1.39. The van der Waals surface area contributed by atoms with E-state index in [2.05, 4.69) is 16.0 Å². The number of carbonyl (C=O) groups is 6. The van der Waals surface area contributed by atoms with Crippen LogP contribution in [0.3, 0.4) is 0 Å². The topological polar surface area (TPSA) is 330 Å². The second-order valence-corrected chi connectivity index (χ2v) is 19.3. The van der Waals surface area contributed by atoms with Gasteiger partial charge in [0.15, 0.2) is 12.2 Å². The highest BCUT2D eigenvalue weighted by molar-refractivity contribution is 14.1. The van der Waals surface area contributed by atoms with Gasteiger partial charge in [-0.05, 0) is 136 Å². The summed E-state index contributed by atoms with van der Waals surface area (Å²) in [5, 5.41) is 94.9. The Labute approximate surface area is 430 Å². The first kappa shape index (κ1) is 56.4. The van der Waals surface area contributed by atoms with Gasteiger partial charge in [-0.2, -0.15) is 0 Å². The lowest BCUT2D eigenvalue weighted by molar-refractivity contribution is -0.126. The van der Waals surface area contributed by atoms with Crippen molar-refractivity contribution >= 4 is 182 Å². The molecule has 6 amide bonds. The minimum absolute atomic E-state index is 0.0556. The molecule has 0 fully saturated rings. The molecule has 0 saturated heterocycles. The van der Waals surface area contributed by atoms with Gasteiger partial charge in [0.05, 0.1) is 93.2 Å². The molecule has 0 aliphatic heterocycles. The standard InChI is InChI=1S/C34H42I6N6O15/c1-44(7-13(52)9-48)32(59)18-21(35)17(23(37)27(24(18)38)42-29(56)15(54)11-50)31(58)41-3-4-46(5-6-47)34(61)20-22(36)19(33(60)45(2)8-14(53)10-49)25(39)28(26(20)40)43-30(57)16(55)12-51/h13-16,47-55H,3-12H2,1-2H3,(H,41,58)(H,42,56)(H,43,57). The van der Waals surface area contributed by atoms with Crippen LogP contribution in [0.1, 0.15) is 41.4 Å². The minimum Gasteiger partial charge on any atom is -0.395 e. The Bertz CT molecular complexity index is 1980. The zero-order valence-electron chi connectivity index (χ0n) is 32.0. The fraction of sp³-hybridized carbons (Fsp3) is 0.471. The Kier molecular flexibility index (Phi) is 24.4. The van der Waals surface area contributed by atoms with Crippen molar-refractivity contribution in [1.29, 1.82) is 0 Å². The number of likely N-dealkylation sites (N-methyl/N-ethyl adjacent to an activating group) is 2. The third kappa shape index (κ3) is 14.4. The van der Waals surface area contributed by atoms with Gasteiger partial charge in [0.25, 0.3) is 35.4 Å². The number of nitrogens with one attached hydrogen (secondary N) is 3.